The van der Waals surface area contributed by atoms with Crippen LogP contribution in [-0.4, -0.2) is 46.1 Å². The average molecular weight is 626 g/mol. The largest absolute Gasteiger partial charge is 0.486 e. The van der Waals surface area contributed by atoms with Crippen molar-refractivity contribution in [1.82, 2.24) is 20.3 Å². The third kappa shape index (κ3) is 6.82. The molecule has 0 radical (unpaired) electrons. The van der Waals surface area contributed by atoms with Gasteiger partial charge in [-0.3, -0.25) is 14.5 Å². The Balaban J connectivity index is 1.32. The first-order valence-corrected chi connectivity index (χ1v) is 16.1. The minimum Gasteiger partial charge on any atom is -0.486 e. The first kappa shape index (κ1) is 30.1. The Morgan fingerprint density at radius 1 is 0.830 bits per heavy atom. The van der Waals surface area contributed by atoms with Crippen LogP contribution in [0.15, 0.2) is 97.1 Å². The lowest BCUT2D eigenvalue weighted by Gasteiger charge is -2.34. The highest BCUT2D eigenvalue weighted by Crippen LogP contribution is 2.37. The van der Waals surface area contributed by atoms with Gasteiger partial charge in [-0.15, -0.1) is 5.10 Å². The zero-order chi connectivity index (χ0) is 32.0. The highest BCUT2D eigenvalue weighted by molar-refractivity contribution is 6.02. The third-order valence-corrected chi connectivity index (χ3v) is 8.56. The van der Waals surface area contributed by atoms with Gasteiger partial charge in [0.05, 0.1) is 5.52 Å². The van der Waals surface area contributed by atoms with Crippen molar-refractivity contribution in [2.45, 2.75) is 50.7 Å². The summed E-state index contributed by atoms with van der Waals surface area (Å²) in [5.74, 6) is 6.97. The maximum absolute atomic E-state index is 14.6. The standard InChI is InChI=1S/C38H35N5O4/c44-36(26-42-33-17-8-7-16-32(33)40-41-42)43(31-20-21-34-35(25-31)47-23-22-46-34)37(38(45)39-30-14-5-2-6-15-30)29-13-9-12-28(24-29)19-18-27-10-3-1-4-11-27/h1,3-4,7-13,16-17,20-21,24-25,30,37H,2,5-6,14-15,22-23,26H2,(H,39,45)/t37-/m1/s1. The Kier molecular flexibility index (Phi) is 8.82. The molecule has 5 aromatic rings. The molecule has 47 heavy (non-hydrogen) atoms. The van der Waals surface area contributed by atoms with Gasteiger partial charge in [-0.1, -0.05) is 78.8 Å². The molecule has 9 heteroatoms. The highest BCUT2D eigenvalue weighted by atomic mass is 16.6. The summed E-state index contributed by atoms with van der Waals surface area (Å²) in [7, 11) is 0. The molecule has 9 nitrogen and oxygen atoms in total. The summed E-state index contributed by atoms with van der Waals surface area (Å²) in [4.78, 5) is 30.6. The Morgan fingerprint density at radius 3 is 2.43 bits per heavy atom. The second-order valence-electron chi connectivity index (χ2n) is 11.8. The van der Waals surface area contributed by atoms with E-state index < -0.39 is 6.04 Å². The van der Waals surface area contributed by atoms with Gasteiger partial charge in [0, 0.05) is 28.9 Å². The normalized spacial score (nSPS) is 14.9. The number of benzene rings is 4. The number of fused-ring (bicyclic) bond motifs is 2. The van der Waals surface area contributed by atoms with Crippen LogP contribution in [-0.2, 0) is 16.1 Å². The molecule has 1 N–H and O–H groups in total. The van der Waals surface area contributed by atoms with E-state index in [1.165, 1.54) is 0 Å². The molecular weight excluding hydrogens is 590 g/mol. The average Bonchev–Trinajstić information content (AvgIpc) is 3.52. The number of rotatable bonds is 7. The van der Waals surface area contributed by atoms with Crippen molar-refractivity contribution in [3.05, 3.63) is 114 Å². The first-order chi connectivity index (χ1) is 23.1. The van der Waals surface area contributed by atoms with E-state index in [9.17, 15) is 9.59 Å². The van der Waals surface area contributed by atoms with E-state index in [4.69, 9.17) is 9.47 Å². The summed E-state index contributed by atoms with van der Waals surface area (Å²) in [6.07, 6.45) is 5.09. The van der Waals surface area contributed by atoms with E-state index >= 15 is 0 Å². The molecule has 2 amide bonds. The van der Waals surface area contributed by atoms with E-state index in [-0.39, 0.29) is 24.4 Å². The molecule has 1 aliphatic carbocycles. The van der Waals surface area contributed by atoms with Gasteiger partial charge in [0.2, 0.25) is 11.8 Å². The fraction of sp³-hybridized carbons (Fsp3) is 0.263. The summed E-state index contributed by atoms with van der Waals surface area (Å²) >= 11 is 0. The van der Waals surface area contributed by atoms with Crippen LogP contribution in [0, 0.1) is 11.8 Å². The van der Waals surface area contributed by atoms with Crippen LogP contribution in [0.25, 0.3) is 11.0 Å². The SMILES string of the molecule is O=C(NC1CCCCC1)[C@@H](c1cccc(C#Cc2ccccc2)c1)N(C(=O)Cn1nnc2ccccc21)c1ccc2c(c1)OCCO2. The smallest absolute Gasteiger partial charge is 0.249 e. The second-order valence-corrected chi connectivity index (χ2v) is 11.8. The van der Waals surface area contributed by atoms with Gasteiger partial charge in [0.15, 0.2) is 11.5 Å². The van der Waals surface area contributed by atoms with Crippen LogP contribution >= 0.6 is 0 Å². The molecule has 1 atom stereocenters. The molecule has 2 heterocycles. The Bertz CT molecular complexity index is 1960. The zero-order valence-corrected chi connectivity index (χ0v) is 26.0. The number of ether oxygens (including phenoxy) is 2. The number of carbonyl (C=O) groups is 2. The summed E-state index contributed by atoms with van der Waals surface area (Å²) in [5.41, 5.74) is 4.18. The summed E-state index contributed by atoms with van der Waals surface area (Å²) in [5, 5.41) is 11.8. The minimum atomic E-state index is -1.000. The van der Waals surface area contributed by atoms with Crippen LogP contribution in [0.2, 0.25) is 0 Å². The first-order valence-electron chi connectivity index (χ1n) is 16.1. The van der Waals surface area contributed by atoms with E-state index in [0.29, 0.717) is 41.5 Å². The monoisotopic (exact) mass is 625 g/mol. The summed E-state index contributed by atoms with van der Waals surface area (Å²) in [6, 6.07) is 29.2. The van der Waals surface area contributed by atoms with Crippen LogP contribution in [0.4, 0.5) is 5.69 Å². The summed E-state index contributed by atoms with van der Waals surface area (Å²) < 4.78 is 13.3. The Labute approximate surface area is 273 Å². The summed E-state index contributed by atoms with van der Waals surface area (Å²) in [6.45, 7) is 0.705. The fourth-order valence-electron chi connectivity index (χ4n) is 6.25. The van der Waals surface area contributed by atoms with E-state index in [1.807, 2.05) is 78.9 Å². The van der Waals surface area contributed by atoms with Crippen molar-refractivity contribution >= 4 is 28.5 Å². The molecule has 1 aliphatic heterocycles. The molecule has 0 unspecified atom stereocenters. The minimum absolute atomic E-state index is 0.0382. The van der Waals surface area contributed by atoms with Gasteiger partial charge in [-0.05, 0) is 66.9 Å². The fourth-order valence-corrected chi connectivity index (χ4v) is 6.25. The van der Waals surface area contributed by atoms with Crippen molar-refractivity contribution in [1.29, 1.82) is 0 Å². The number of anilines is 1. The van der Waals surface area contributed by atoms with Crippen LogP contribution in [0.3, 0.4) is 0 Å². The number of nitrogens with zero attached hydrogens (tertiary/aromatic N) is 4. The van der Waals surface area contributed by atoms with Crippen molar-refractivity contribution in [3.63, 3.8) is 0 Å². The number of carbonyl (C=O) groups excluding carboxylic acids is 2. The molecule has 1 saturated carbocycles. The number of nitrogens with one attached hydrogen (secondary N) is 1. The molecule has 1 fully saturated rings. The predicted octanol–water partition coefficient (Wildman–Crippen LogP) is 5.83. The van der Waals surface area contributed by atoms with Crippen LogP contribution in [0.1, 0.15) is 54.8 Å². The molecule has 0 saturated heterocycles. The Morgan fingerprint density at radius 2 is 1.57 bits per heavy atom. The molecule has 2 aliphatic rings. The quantitative estimate of drug-likeness (QED) is 0.229. The third-order valence-electron chi connectivity index (χ3n) is 8.56. The molecule has 7 rings (SSSR count). The molecular formula is C38H35N5O4. The number of aromatic nitrogens is 3. The maximum Gasteiger partial charge on any atom is 0.249 e. The molecule has 1 aromatic heterocycles. The number of hydrogen-bond donors (Lipinski definition) is 1. The highest BCUT2D eigenvalue weighted by Gasteiger charge is 2.35. The maximum atomic E-state index is 14.6. The van der Waals surface area contributed by atoms with Crippen molar-refractivity contribution in [2.75, 3.05) is 18.1 Å². The lowest BCUT2D eigenvalue weighted by Crippen LogP contribution is -2.48. The zero-order valence-electron chi connectivity index (χ0n) is 26.0. The van der Waals surface area contributed by atoms with E-state index in [0.717, 1.165) is 48.7 Å². The topological polar surface area (TPSA) is 98.6 Å². The molecule has 0 spiro atoms. The van der Waals surface area contributed by atoms with Gasteiger partial charge in [0.25, 0.3) is 0 Å². The lowest BCUT2D eigenvalue weighted by atomic mass is 9.94. The lowest BCUT2D eigenvalue weighted by molar-refractivity contribution is -0.127. The van der Waals surface area contributed by atoms with Gasteiger partial charge in [0.1, 0.15) is 31.3 Å². The van der Waals surface area contributed by atoms with Gasteiger partial charge in [-0.25, -0.2) is 4.68 Å². The molecule has 0 bridgehead atoms. The van der Waals surface area contributed by atoms with E-state index in [2.05, 4.69) is 27.5 Å². The molecule has 4 aromatic carbocycles. The number of amides is 2. The van der Waals surface area contributed by atoms with E-state index in [1.54, 1.807) is 27.8 Å². The Hall–Kier alpha value is -5.62. The number of para-hydroxylation sites is 1. The van der Waals surface area contributed by atoms with Crippen LogP contribution in [0.5, 0.6) is 11.5 Å². The van der Waals surface area contributed by atoms with Gasteiger partial charge in [-0.2, -0.15) is 0 Å². The van der Waals surface area contributed by atoms with Crippen LogP contribution < -0.4 is 19.7 Å². The van der Waals surface area contributed by atoms with Crippen molar-refractivity contribution in [3.8, 4) is 23.3 Å². The van der Waals surface area contributed by atoms with Crippen molar-refractivity contribution < 1.29 is 19.1 Å². The number of hydrogen-bond acceptors (Lipinski definition) is 6. The second kappa shape index (κ2) is 13.8. The van der Waals surface area contributed by atoms with Gasteiger partial charge >= 0.3 is 0 Å². The van der Waals surface area contributed by atoms with Gasteiger partial charge < -0.3 is 14.8 Å². The molecule has 236 valence electrons. The predicted molar refractivity (Wildman–Crippen MR) is 179 cm³/mol. The van der Waals surface area contributed by atoms with Crippen molar-refractivity contribution in [2.24, 2.45) is 0 Å².